The van der Waals surface area contributed by atoms with Crippen molar-refractivity contribution < 1.29 is 33.6 Å². The van der Waals surface area contributed by atoms with Gasteiger partial charge in [0.15, 0.2) is 11.5 Å². The lowest BCUT2D eigenvalue weighted by molar-refractivity contribution is -0.139. The van der Waals surface area contributed by atoms with Crippen molar-refractivity contribution in [3.05, 3.63) is 77.4 Å². The van der Waals surface area contributed by atoms with E-state index >= 15 is 0 Å². The summed E-state index contributed by atoms with van der Waals surface area (Å²) in [6, 6.07) is 18.4. The first-order valence-corrected chi connectivity index (χ1v) is 11.6. The molecule has 0 unspecified atom stereocenters. The van der Waals surface area contributed by atoms with Crippen LogP contribution in [0, 0.1) is 0 Å². The highest BCUT2D eigenvalue weighted by Crippen LogP contribution is 2.44. The smallest absolute Gasteiger partial charge is 0.407 e. The quantitative estimate of drug-likeness (QED) is 0.426. The van der Waals surface area contributed by atoms with E-state index < -0.39 is 18.1 Å². The number of methoxy groups -OCH3 is 3. The Morgan fingerprint density at radius 1 is 0.861 bits per heavy atom. The molecule has 1 atom stereocenters. The third-order valence-electron chi connectivity index (χ3n) is 6.42. The maximum Gasteiger partial charge on any atom is 0.407 e. The fourth-order valence-corrected chi connectivity index (χ4v) is 4.70. The zero-order chi connectivity index (χ0) is 25.7. The fourth-order valence-electron chi connectivity index (χ4n) is 4.70. The molecule has 2 N–H and O–H groups in total. The minimum atomic E-state index is -1.15. The molecule has 0 saturated heterocycles. The van der Waals surface area contributed by atoms with Crippen molar-refractivity contribution in [2.24, 2.45) is 0 Å². The number of amides is 1. The standard InChI is InChI=1S/C28H29NO7/c1-33-24-15-13-17(25(34-2)26(24)35-3)12-14-23(27(30)31)29-28(32)36-16-22-20-10-6-4-8-18(20)19-9-5-7-11-21(19)22/h4-11,13,15,22-23H,12,14,16H2,1-3H3,(H,29,32)(H,30,31)/t23-/m0/s1. The first-order valence-electron chi connectivity index (χ1n) is 11.6. The van der Waals surface area contributed by atoms with Crippen molar-refractivity contribution in [3.63, 3.8) is 0 Å². The Balaban J connectivity index is 1.41. The normalized spacial score (nSPS) is 12.8. The lowest BCUT2D eigenvalue weighted by Crippen LogP contribution is -2.41. The van der Waals surface area contributed by atoms with Crippen LogP contribution in [0.4, 0.5) is 4.79 Å². The van der Waals surface area contributed by atoms with Crippen molar-refractivity contribution in [2.75, 3.05) is 27.9 Å². The molecule has 1 amide bonds. The number of carbonyl (C=O) groups is 2. The van der Waals surface area contributed by atoms with Gasteiger partial charge in [-0.1, -0.05) is 54.6 Å². The SMILES string of the molecule is COc1ccc(CC[C@H](NC(=O)OCC2c3ccccc3-c3ccccc32)C(=O)O)c(OC)c1OC. The summed E-state index contributed by atoms with van der Waals surface area (Å²) in [6.45, 7) is 0.107. The van der Waals surface area contributed by atoms with E-state index in [2.05, 4.69) is 17.4 Å². The predicted molar refractivity (Wildman–Crippen MR) is 134 cm³/mol. The Morgan fingerprint density at radius 2 is 1.47 bits per heavy atom. The molecule has 0 aromatic heterocycles. The minimum Gasteiger partial charge on any atom is -0.493 e. The van der Waals surface area contributed by atoms with Crippen LogP contribution in [0.15, 0.2) is 60.7 Å². The number of aliphatic carboxylic acids is 1. The molecule has 0 heterocycles. The van der Waals surface area contributed by atoms with Gasteiger partial charge in [-0.05, 0) is 46.7 Å². The summed E-state index contributed by atoms with van der Waals surface area (Å²) < 4.78 is 21.7. The van der Waals surface area contributed by atoms with Gasteiger partial charge in [-0.25, -0.2) is 9.59 Å². The molecule has 8 nitrogen and oxygen atoms in total. The van der Waals surface area contributed by atoms with Gasteiger partial charge in [0, 0.05) is 5.92 Å². The molecule has 3 aromatic rings. The number of fused-ring (bicyclic) bond motifs is 3. The first-order chi connectivity index (χ1) is 17.5. The maximum absolute atomic E-state index is 12.6. The number of benzene rings is 3. The number of hydrogen-bond acceptors (Lipinski definition) is 6. The summed E-state index contributed by atoms with van der Waals surface area (Å²) in [4.78, 5) is 24.5. The second kappa shape index (κ2) is 11.0. The van der Waals surface area contributed by atoms with Crippen LogP contribution in [0.5, 0.6) is 17.2 Å². The number of ether oxygens (including phenoxy) is 4. The van der Waals surface area contributed by atoms with Crippen LogP contribution in [0.1, 0.15) is 29.0 Å². The third kappa shape index (κ3) is 4.93. The molecule has 4 rings (SSSR count). The molecular formula is C28H29NO7. The molecule has 0 saturated carbocycles. The van der Waals surface area contributed by atoms with Crippen molar-refractivity contribution in [3.8, 4) is 28.4 Å². The van der Waals surface area contributed by atoms with Crippen molar-refractivity contribution in [2.45, 2.75) is 24.8 Å². The molecule has 8 heteroatoms. The molecule has 0 bridgehead atoms. The number of rotatable bonds is 10. The van der Waals surface area contributed by atoms with E-state index in [0.29, 0.717) is 23.7 Å². The first kappa shape index (κ1) is 24.9. The Hall–Kier alpha value is -4.20. The van der Waals surface area contributed by atoms with Crippen LogP contribution < -0.4 is 19.5 Å². The van der Waals surface area contributed by atoms with Crippen LogP contribution in [0.25, 0.3) is 11.1 Å². The largest absolute Gasteiger partial charge is 0.493 e. The van der Waals surface area contributed by atoms with Gasteiger partial charge in [0.2, 0.25) is 5.75 Å². The van der Waals surface area contributed by atoms with Gasteiger partial charge < -0.3 is 29.4 Å². The van der Waals surface area contributed by atoms with Gasteiger partial charge in [0.05, 0.1) is 21.3 Å². The second-order valence-corrected chi connectivity index (χ2v) is 8.39. The average Bonchev–Trinajstić information content (AvgIpc) is 3.22. The Kier molecular flexibility index (Phi) is 7.63. The summed E-state index contributed by atoms with van der Waals surface area (Å²) in [5.41, 5.74) is 5.14. The summed E-state index contributed by atoms with van der Waals surface area (Å²) >= 11 is 0. The molecule has 1 aliphatic rings. The van der Waals surface area contributed by atoms with E-state index in [1.165, 1.54) is 21.3 Å². The predicted octanol–water partition coefficient (Wildman–Crippen LogP) is 4.64. The molecule has 0 aliphatic heterocycles. The number of aryl methyl sites for hydroxylation is 1. The summed E-state index contributed by atoms with van der Waals surface area (Å²) in [7, 11) is 4.53. The number of carboxylic acids is 1. The van der Waals surface area contributed by atoms with Gasteiger partial charge in [-0.15, -0.1) is 0 Å². The molecule has 36 heavy (non-hydrogen) atoms. The van der Waals surface area contributed by atoms with Crippen molar-refractivity contribution >= 4 is 12.1 Å². The molecule has 188 valence electrons. The van der Waals surface area contributed by atoms with E-state index in [1.807, 2.05) is 36.4 Å². The fraction of sp³-hybridized carbons (Fsp3) is 0.286. The van der Waals surface area contributed by atoms with Gasteiger partial charge in [-0.2, -0.15) is 0 Å². The van der Waals surface area contributed by atoms with E-state index in [9.17, 15) is 14.7 Å². The van der Waals surface area contributed by atoms with Crippen LogP contribution in [0.3, 0.4) is 0 Å². The molecule has 0 radical (unpaired) electrons. The number of carbonyl (C=O) groups excluding carboxylic acids is 1. The van der Waals surface area contributed by atoms with Crippen LogP contribution >= 0.6 is 0 Å². The van der Waals surface area contributed by atoms with Gasteiger partial charge in [0.1, 0.15) is 12.6 Å². The van der Waals surface area contributed by atoms with Crippen LogP contribution in [0.2, 0.25) is 0 Å². The van der Waals surface area contributed by atoms with Crippen LogP contribution in [-0.2, 0) is 16.0 Å². The highest BCUT2D eigenvalue weighted by Gasteiger charge is 2.30. The zero-order valence-electron chi connectivity index (χ0n) is 20.4. The zero-order valence-corrected chi connectivity index (χ0v) is 20.4. The molecule has 0 spiro atoms. The average molecular weight is 492 g/mol. The highest BCUT2D eigenvalue weighted by molar-refractivity contribution is 5.81. The Morgan fingerprint density at radius 3 is 2.03 bits per heavy atom. The van der Waals surface area contributed by atoms with Gasteiger partial charge in [-0.3, -0.25) is 0 Å². The number of carboxylic acid groups (broad SMARTS) is 1. The van der Waals surface area contributed by atoms with Crippen LogP contribution in [-0.4, -0.2) is 51.1 Å². The number of nitrogens with one attached hydrogen (secondary N) is 1. The lowest BCUT2D eigenvalue weighted by atomic mass is 9.98. The van der Waals surface area contributed by atoms with E-state index in [-0.39, 0.29) is 18.9 Å². The summed E-state index contributed by atoms with van der Waals surface area (Å²) in [6.07, 6.45) is -0.321. The molecule has 0 fully saturated rings. The summed E-state index contributed by atoms with van der Waals surface area (Å²) in [5, 5.41) is 12.2. The van der Waals surface area contributed by atoms with Gasteiger partial charge >= 0.3 is 12.1 Å². The third-order valence-corrected chi connectivity index (χ3v) is 6.42. The molecular weight excluding hydrogens is 462 g/mol. The topological polar surface area (TPSA) is 103 Å². The highest BCUT2D eigenvalue weighted by atomic mass is 16.5. The lowest BCUT2D eigenvalue weighted by Gasteiger charge is -2.19. The molecule has 1 aliphatic carbocycles. The number of alkyl carbamates (subject to hydrolysis) is 1. The van der Waals surface area contributed by atoms with E-state index in [1.54, 1.807) is 12.1 Å². The Labute approximate surface area is 209 Å². The second-order valence-electron chi connectivity index (χ2n) is 8.39. The van der Waals surface area contributed by atoms with E-state index in [0.717, 1.165) is 27.8 Å². The minimum absolute atomic E-state index is 0.107. The maximum atomic E-state index is 12.6. The number of hydrogen-bond donors (Lipinski definition) is 2. The molecule has 3 aromatic carbocycles. The monoisotopic (exact) mass is 491 g/mol. The van der Waals surface area contributed by atoms with Gasteiger partial charge in [0.25, 0.3) is 0 Å². The van der Waals surface area contributed by atoms with Crippen molar-refractivity contribution in [1.29, 1.82) is 0 Å². The van der Waals surface area contributed by atoms with Crippen molar-refractivity contribution in [1.82, 2.24) is 5.32 Å². The Bertz CT molecular complexity index is 1210. The summed E-state index contributed by atoms with van der Waals surface area (Å²) in [5.74, 6) is 0.131. The van der Waals surface area contributed by atoms with E-state index in [4.69, 9.17) is 18.9 Å².